The van der Waals surface area contributed by atoms with Crippen LogP contribution < -0.4 is 0 Å². The molecule has 0 unspecified atom stereocenters. The molecule has 3 nitrogen and oxygen atoms in total. The Morgan fingerprint density at radius 1 is 1.12 bits per heavy atom. The molecule has 88 valence electrons. The lowest BCUT2D eigenvalue weighted by molar-refractivity contribution is 0.285. The first-order valence-electron chi connectivity index (χ1n) is 5.24. The van der Waals surface area contributed by atoms with Gasteiger partial charge < -0.3 is 5.11 Å². The lowest BCUT2D eigenvalue weighted by atomic mass is 10.2. The van der Waals surface area contributed by atoms with E-state index in [2.05, 4.69) is 0 Å². The number of aliphatic hydroxyl groups excluding tert-OH is 1. The van der Waals surface area contributed by atoms with Crippen molar-refractivity contribution >= 4 is 9.84 Å². The summed E-state index contributed by atoms with van der Waals surface area (Å²) in [6, 6.07) is 8.34. The van der Waals surface area contributed by atoms with Crippen LogP contribution in [0.4, 0.5) is 0 Å². The Labute approximate surface area is 96.4 Å². The van der Waals surface area contributed by atoms with Crippen LogP contribution in [0.5, 0.6) is 0 Å². The van der Waals surface area contributed by atoms with Crippen LogP contribution in [-0.2, 0) is 9.84 Å². The van der Waals surface area contributed by atoms with Gasteiger partial charge in [0, 0.05) is 12.0 Å². The van der Waals surface area contributed by atoms with Gasteiger partial charge in [-0.3, -0.25) is 0 Å². The maximum absolute atomic E-state index is 11.7. The molecule has 0 fully saturated rings. The van der Waals surface area contributed by atoms with E-state index in [0.717, 1.165) is 6.42 Å². The van der Waals surface area contributed by atoms with Gasteiger partial charge in [-0.15, -0.1) is 0 Å². The van der Waals surface area contributed by atoms with Gasteiger partial charge in [0.25, 0.3) is 0 Å². The molecule has 0 atom stereocenters. The Balaban J connectivity index is 2.59. The number of hydrogen-bond donors (Lipinski definition) is 1. The topological polar surface area (TPSA) is 54.4 Å². The highest BCUT2D eigenvalue weighted by molar-refractivity contribution is 7.94. The zero-order valence-electron chi connectivity index (χ0n) is 9.04. The molecule has 0 aromatic heterocycles. The second kappa shape index (κ2) is 6.45. The molecule has 0 spiro atoms. The van der Waals surface area contributed by atoms with Gasteiger partial charge in [-0.2, -0.15) is 0 Å². The zero-order chi connectivity index (χ0) is 11.9. The van der Waals surface area contributed by atoms with Crippen molar-refractivity contribution in [2.45, 2.75) is 24.2 Å². The third-order valence-electron chi connectivity index (χ3n) is 2.13. The second-order valence-electron chi connectivity index (χ2n) is 3.45. The van der Waals surface area contributed by atoms with E-state index in [1.807, 2.05) is 0 Å². The molecule has 1 aromatic rings. The van der Waals surface area contributed by atoms with E-state index in [9.17, 15) is 8.42 Å². The predicted molar refractivity (Wildman–Crippen MR) is 63.7 cm³/mol. The molecular weight excluding hydrogens is 224 g/mol. The molecular formula is C12H16O3S. The summed E-state index contributed by atoms with van der Waals surface area (Å²) >= 11 is 0. The molecule has 0 aliphatic heterocycles. The van der Waals surface area contributed by atoms with Crippen molar-refractivity contribution < 1.29 is 13.5 Å². The van der Waals surface area contributed by atoms with E-state index in [1.165, 1.54) is 5.41 Å². The molecule has 0 aliphatic rings. The van der Waals surface area contributed by atoms with E-state index < -0.39 is 9.84 Å². The number of aliphatic hydroxyl groups is 1. The Bertz CT molecular complexity index is 421. The van der Waals surface area contributed by atoms with Crippen molar-refractivity contribution in [2.75, 3.05) is 6.61 Å². The number of unbranched alkanes of at least 4 members (excludes halogenated alkanes) is 2. The average Bonchev–Trinajstić information content (AvgIpc) is 2.30. The summed E-state index contributed by atoms with van der Waals surface area (Å²) in [5.74, 6) is 0. The molecule has 0 saturated carbocycles. The Hall–Kier alpha value is -1.13. The quantitative estimate of drug-likeness (QED) is 0.775. The molecule has 1 N–H and O–H groups in total. The van der Waals surface area contributed by atoms with Crippen LogP contribution in [0.25, 0.3) is 0 Å². The Morgan fingerprint density at radius 3 is 2.44 bits per heavy atom. The van der Waals surface area contributed by atoms with Crippen molar-refractivity contribution in [1.29, 1.82) is 0 Å². The van der Waals surface area contributed by atoms with Crippen molar-refractivity contribution in [3.05, 3.63) is 41.8 Å². The van der Waals surface area contributed by atoms with Crippen LogP contribution in [0.1, 0.15) is 19.3 Å². The molecule has 1 rings (SSSR count). The first kappa shape index (κ1) is 12.9. The molecule has 0 amide bonds. The SMILES string of the molecule is O=S(=O)(C=CCCCCO)c1ccccc1. The lowest BCUT2D eigenvalue weighted by Gasteiger charge is -1.97. The molecule has 0 aliphatic carbocycles. The summed E-state index contributed by atoms with van der Waals surface area (Å²) in [7, 11) is -3.29. The fraction of sp³-hybridized carbons (Fsp3) is 0.333. The highest BCUT2D eigenvalue weighted by Crippen LogP contribution is 2.11. The normalized spacial score (nSPS) is 12.1. The fourth-order valence-electron chi connectivity index (χ4n) is 1.26. The Kier molecular flexibility index (Phi) is 5.22. The predicted octanol–water partition coefficient (Wildman–Crippen LogP) is 2.14. The molecule has 0 radical (unpaired) electrons. The highest BCUT2D eigenvalue weighted by atomic mass is 32.2. The minimum Gasteiger partial charge on any atom is -0.396 e. The van der Waals surface area contributed by atoms with E-state index in [4.69, 9.17) is 5.11 Å². The van der Waals surface area contributed by atoms with Gasteiger partial charge in [0.2, 0.25) is 0 Å². The van der Waals surface area contributed by atoms with Gasteiger partial charge in [-0.05, 0) is 31.4 Å². The van der Waals surface area contributed by atoms with Crippen molar-refractivity contribution in [2.24, 2.45) is 0 Å². The number of sulfone groups is 1. The third-order valence-corrected chi connectivity index (χ3v) is 3.61. The minimum absolute atomic E-state index is 0.152. The first-order chi connectivity index (χ1) is 7.67. The van der Waals surface area contributed by atoms with Gasteiger partial charge in [0.05, 0.1) is 4.90 Å². The van der Waals surface area contributed by atoms with Crippen LogP contribution in [0.2, 0.25) is 0 Å². The molecule has 0 bridgehead atoms. The zero-order valence-corrected chi connectivity index (χ0v) is 9.86. The van der Waals surface area contributed by atoms with Crippen LogP contribution in [0.3, 0.4) is 0 Å². The fourth-order valence-corrected chi connectivity index (χ4v) is 2.34. The summed E-state index contributed by atoms with van der Waals surface area (Å²) in [6.07, 6.45) is 3.82. The van der Waals surface area contributed by atoms with E-state index in [-0.39, 0.29) is 6.61 Å². The van der Waals surface area contributed by atoms with Gasteiger partial charge in [0.1, 0.15) is 0 Å². The summed E-state index contributed by atoms with van der Waals surface area (Å²) in [4.78, 5) is 0.313. The van der Waals surface area contributed by atoms with Gasteiger partial charge in [-0.1, -0.05) is 24.3 Å². The third kappa shape index (κ3) is 4.16. The summed E-state index contributed by atoms with van der Waals surface area (Å²) in [5, 5.41) is 9.80. The van der Waals surface area contributed by atoms with E-state index in [1.54, 1.807) is 36.4 Å². The van der Waals surface area contributed by atoms with Gasteiger partial charge >= 0.3 is 0 Å². The standard InChI is InChI=1S/C12H16O3S/c13-10-6-1-2-7-11-16(14,15)12-8-4-3-5-9-12/h3-5,7-9,11,13H,1-2,6,10H2. The van der Waals surface area contributed by atoms with Gasteiger partial charge in [0.15, 0.2) is 9.84 Å². The van der Waals surface area contributed by atoms with Gasteiger partial charge in [-0.25, -0.2) is 8.42 Å². The number of rotatable bonds is 6. The van der Waals surface area contributed by atoms with E-state index in [0.29, 0.717) is 17.7 Å². The maximum Gasteiger partial charge on any atom is 0.199 e. The summed E-state index contributed by atoms with van der Waals surface area (Å²) < 4.78 is 23.5. The lowest BCUT2D eigenvalue weighted by Crippen LogP contribution is -1.95. The Morgan fingerprint density at radius 2 is 1.81 bits per heavy atom. The monoisotopic (exact) mass is 240 g/mol. The van der Waals surface area contributed by atoms with Crippen molar-refractivity contribution in [3.8, 4) is 0 Å². The molecule has 0 saturated heterocycles. The molecule has 4 heteroatoms. The molecule has 0 heterocycles. The summed E-state index contributed by atoms with van der Waals surface area (Å²) in [5.41, 5.74) is 0. The maximum atomic E-state index is 11.7. The average molecular weight is 240 g/mol. The molecule has 16 heavy (non-hydrogen) atoms. The largest absolute Gasteiger partial charge is 0.396 e. The van der Waals surface area contributed by atoms with Crippen LogP contribution >= 0.6 is 0 Å². The number of benzene rings is 1. The smallest absolute Gasteiger partial charge is 0.199 e. The second-order valence-corrected chi connectivity index (χ2v) is 5.28. The van der Waals surface area contributed by atoms with Crippen LogP contribution in [0, 0.1) is 0 Å². The van der Waals surface area contributed by atoms with Crippen LogP contribution in [-0.4, -0.2) is 20.1 Å². The summed E-state index contributed by atoms with van der Waals surface area (Å²) in [6.45, 7) is 0.152. The van der Waals surface area contributed by atoms with E-state index >= 15 is 0 Å². The molecule has 1 aromatic carbocycles. The van der Waals surface area contributed by atoms with Crippen LogP contribution in [0.15, 0.2) is 46.7 Å². The van der Waals surface area contributed by atoms with Crippen molar-refractivity contribution in [3.63, 3.8) is 0 Å². The number of allylic oxidation sites excluding steroid dienone is 1. The first-order valence-corrected chi connectivity index (χ1v) is 6.79. The highest BCUT2D eigenvalue weighted by Gasteiger charge is 2.07. The number of hydrogen-bond acceptors (Lipinski definition) is 3. The van der Waals surface area contributed by atoms with Crippen molar-refractivity contribution in [1.82, 2.24) is 0 Å². The minimum atomic E-state index is -3.29.